The van der Waals surface area contributed by atoms with Gasteiger partial charge in [-0.15, -0.1) is 11.8 Å². The number of benzene rings is 3. The highest BCUT2D eigenvalue weighted by Gasteiger charge is 2.38. The molecular weight excluding hydrogens is 500 g/mol. The fourth-order valence-corrected chi connectivity index (χ4v) is 5.65. The average Bonchev–Trinajstić information content (AvgIpc) is 2.85. The lowest BCUT2D eigenvalue weighted by atomic mass is 9.90. The van der Waals surface area contributed by atoms with E-state index in [-0.39, 0.29) is 12.2 Å². The lowest BCUT2D eigenvalue weighted by Crippen LogP contribution is -2.33. The van der Waals surface area contributed by atoms with Crippen LogP contribution in [0.5, 0.6) is 5.75 Å². The predicted molar refractivity (Wildman–Crippen MR) is 136 cm³/mol. The van der Waals surface area contributed by atoms with E-state index in [0.29, 0.717) is 19.6 Å². The SMILES string of the molecule is COc1ccc(Br)c2c1[C@@H](CSc1ccccc1)O[C@@H](CCCOCc1ccccc1)[C@H]2O. The number of aliphatic hydroxyl groups excluding tert-OH is 1. The van der Waals surface area contributed by atoms with E-state index >= 15 is 0 Å². The summed E-state index contributed by atoms with van der Waals surface area (Å²) in [6.07, 6.45) is 0.311. The molecule has 0 aromatic heterocycles. The topological polar surface area (TPSA) is 47.9 Å². The molecule has 3 aromatic carbocycles. The highest BCUT2D eigenvalue weighted by atomic mass is 79.9. The van der Waals surface area contributed by atoms with Gasteiger partial charge in [0.2, 0.25) is 0 Å². The number of halogens is 1. The molecule has 3 aromatic rings. The minimum atomic E-state index is -0.725. The maximum atomic E-state index is 11.2. The molecule has 1 aliphatic rings. The number of aliphatic hydroxyl groups is 1. The second kappa shape index (κ2) is 12.0. The maximum Gasteiger partial charge on any atom is 0.125 e. The second-order valence-corrected chi connectivity index (χ2v) is 9.94. The van der Waals surface area contributed by atoms with Crippen molar-refractivity contribution in [2.24, 2.45) is 0 Å². The van der Waals surface area contributed by atoms with E-state index in [2.05, 4.69) is 40.2 Å². The fourth-order valence-electron chi connectivity index (χ4n) is 4.13. The molecule has 0 spiro atoms. The summed E-state index contributed by atoms with van der Waals surface area (Å²) in [4.78, 5) is 1.19. The summed E-state index contributed by atoms with van der Waals surface area (Å²) >= 11 is 5.40. The van der Waals surface area contributed by atoms with Gasteiger partial charge in [-0.2, -0.15) is 0 Å². The summed E-state index contributed by atoms with van der Waals surface area (Å²) in [7, 11) is 1.66. The van der Waals surface area contributed by atoms with Gasteiger partial charge in [-0.25, -0.2) is 0 Å². The van der Waals surface area contributed by atoms with Crippen molar-refractivity contribution in [1.82, 2.24) is 0 Å². The van der Waals surface area contributed by atoms with Crippen molar-refractivity contribution >= 4 is 27.7 Å². The van der Waals surface area contributed by atoms with Crippen LogP contribution in [0.2, 0.25) is 0 Å². The zero-order valence-corrected chi connectivity index (χ0v) is 21.1. The van der Waals surface area contributed by atoms with Gasteiger partial charge in [0, 0.05) is 32.9 Å². The molecule has 1 heterocycles. The fraction of sp³-hybridized carbons (Fsp3) is 0.333. The van der Waals surface area contributed by atoms with E-state index in [9.17, 15) is 5.11 Å². The summed E-state index contributed by atoms with van der Waals surface area (Å²) in [5, 5.41) is 11.2. The summed E-state index contributed by atoms with van der Waals surface area (Å²) in [5.41, 5.74) is 2.96. The van der Waals surface area contributed by atoms with Crippen LogP contribution in [0.1, 0.15) is 41.7 Å². The van der Waals surface area contributed by atoms with E-state index in [1.54, 1.807) is 18.9 Å². The Kier molecular flexibility index (Phi) is 8.87. The first-order chi connectivity index (χ1) is 16.2. The number of ether oxygens (including phenoxy) is 3. The molecule has 1 aliphatic heterocycles. The molecule has 0 aliphatic carbocycles. The van der Waals surface area contributed by atoms with Gasteiger partial charge >= 0.3 is 0 Å². The van der Waals surface area contributed by atoms with Crippen LogP contribution in [0.3, 0.4) is 0 Å². The lowest BCUT2D eigenvalue weighted by molar-refractivity contribution is -0.0958. The molecule has 0 fully saturated rings. The summed E-state index contributed by atoms with van der Waals surface area (Å²) in [5.74, 6) is 1.48. The Balaban J connectivity index is 1.44. The van der Waals surface area contributed by atoms with Crippen molar-refractivity contribution in [2.75, 3.05) is 19.5 Å². The van der Waals surface area contributed by atoms with Crippen LogP contribution >= 0.6 is 27.7 Å². The molecule has 0 saturated heterocycles. The third-order valence-corrected chi connectivity index (χ3v) is 7.52. The molecule has 4 nitrogen and oxygen atoms in total. The molecule has 4 rings (SSSR count). The van der Waals surface area contributed by atoms with Gasteiger partial charge in [-0.05, 0) is 42.7 Å². The Hall–Kier alpha value is -1.83. The van der Waals surface area contributed by atoms with Crippen molar-refractivity contribution in [3.05, 3.63) is 94.0 Å². The van der Waals surface area contributed by atoms with Gasteiger partial charge in [-0.3, -0.25) is 0 Å². The Morgan fingerprint density at radius 1 is 0.970 bits per heavy atom. The maximum absolute atomic E-state index is 11.2. The second-order valence-electron chi connectivity index (χ2n) is 7.99. The smallest absolute Gasteiger partial charge is 0.125 e. The number of methoxy groups -OCH3 is 1. The van der Waals surface area contributed by atoms with Gasteiger partial charge in [0.1, 0.15) is 11.9 Å². The van der Waals surface area contributed by atoms with Crippen LogP contribution in [0.4, 0.5) is 0 Å². The molecule has 3 atom stereocenters. The van der Waals surface area contributed by atoms with E-state index in [1.807, 2.05) is 48.5 Å². The van der Waals surface area contributed by atoms with E-state index < -0.39 is 6.10 Å². The highest BCUT2D eigenvalue weighted by Crippen LogP contribution is 2.47. The van der Waals surface area contributed by atoms with Crippen LogP contribution in [0, 0.1) is 0 Å². The molecule has 1 N–H and O–H groups in total. The van der Waals surface area contributed by atoms with Crippen LogP contribution in [0.25, 0.3) is 0 Å². The lowest BCUT2D eigenvalue weighted by Gasteiger charge is -2.37. The zero-order valence-electron chi connectivity index (χ0n) is 18.7. The van der Waals surface area contributed by atoms with E-state index in [4.69, 9.17) is 14.2 Å². The van der Waals surface area contributed by atoms with Gasteiger partial charge < -0.3 is 19.3 Å². The van der Waals surface area contributed by atoms with Crippen LogP contribution in [-0.2, 0) is 16.1 Å². The van der Waals surface area contributed by atoms with Crippen LogP contribution in [-0.4, -0.2) is 30.7 Å². The van der Waals surface area contributed by atoms with E-state index in [0.717, 1.165) is 39.1 Å². The molecule has 0 saturated carbocycles. The molecule has 33 heavy (non-hydrogen) atoms. The van der Waals surface area contributed by atoms with Crippen LogP contribution in [0.15, 0.2) is 82.2 Å². The Labute approximate surface area is 208 Å². The normalized spacial score (nSPS) is 19.8. The van der Waals surface area contributed by atoms with Crippen molar-refractivity contribution in [3.8, 4) is 5.75 Å². The standard InChI is InChI=1S/C27H29BrO4S/c1-30-22-15-14-21(28)25-26(22)24(18-33-20-11-6-3-7-12-20)32-23(27(25)29)13-8-16-31-17-19-9-4-2-5-10-19/h2-7,9-12,14-15,23-24,27,29H,8,13,16-18H2,1H3/t23-,24+,27+/m0/s1. The van der Waals surface area contributed by atoms with Crippen molar-refractivity contribution < 1.29 is 19.3 Å². The van der Waals surface area contributed by atoms with Crippen molar-refractivity contribution in [1.29, 1.82) is 0 Å². The third-order valence-electron chi connectivity index (χ3n) is 5.76. The predicted octanol–water partition coefficient (Wildman–Crippen LogP) is 6.72. The molecule has 0 radical (unpaired) electrons. The monoisotopic (exact) mass is 528 g/mol. The van der Waals surface area contributed by atoms with E-state index in [1.165, 1.54) is 4.90 Å². The molecule has 0 unspecified atom stereocenters. The number of rotatable bonds is 10. The van der Waals surface area contributed by atoms with Gasteiger partial charge in [0.25, 0.3) is 0 Å². The van der Waals surface area contributed by atoms with Crippen molar-refractivity contribution in [2.45, 2.75) is 42.7 Å². The summed E-state index contributed by atoms with van der Waals surface area (Å²) in [6, 6.07) is 24.3. The first-order valence-electron chi connectivity index (χ1n) is 11.2. The first-order valence-corrected chi connectivity index (χ1v) is 12.9. The molecule has 0 amide bonds. The Morgan fingerprint density at radius 2 is 1.70 bits per heavy atom. The number of hydrogen-bond acceptors (Lipinski definition) is 5. The summed E-state index contributed by atoms with van der Waals surface area (Å²) < 4.78 is 18.9. The molecular formula is C27H29BrO4S. The Bertz CT molecular complexity index is 1020. The molecule has 174 valence electrons. The first kappa shape index (κ1) is 24.3. The summed E-state index contributed by atoms with van der Waals surface area (Å²) in [6.45, 7) is 1.22. The quantitative estimate of drug-likeness (QED) is 0.233. The largest absolute Gasteiger partial charge is 0.496 e. The van der Waals surface area contributed by atoms with Crippen LogP contribution < -0.4 is 4.74 Å². The minimum absolute atomic E-state index is 0.184. The Morgan fingerprint density at radius 3 is 2.42 bits per heavy atom. The average molecular weight is 529 g/mol. The minimum Gasteiger partial charge on any atom is -0.496 e. The van der Waals surface area contributed by atoms with Crippen molar-refractivity contribution in [3.63, 3.8) is 0 Å². The molecule has 6 heteroatoms. The van der Waals surface area contributed by atoms with Gasteiger partial charge in [-0.1, -0.05) is 64.5 Å². The number of hydrogen-bond donors (Lipinski definition) is 1. The van der Waals surface area contributed by atoms with Gasteiger partial charge in [0.05, 0.1) is 25.9 Å². The third kappa shape index (κ3) is 6.19. The molecule has 0 bridgehead atoms. The highest BCUT2D eigenvalue weighted by molar-refractivity contribution is 9.10. The number of thioether (sulfide) groups is 1. The number of fused-ring (bicyclic) bond motifs is 1. The zero-order chi connectivity index (χ0) is 23.0. The van der Waals surface area contributed by atoms with Gasteiger partial charge in [0.15, 0.2) is 0 Å².